The Morgan fingerprint density at radius 1 is 1.27 bits per heavy atom. The summed E-state index contributed by atoms with van der Waals surface area (Å²) in [5.41, 5.74) is 0. The number of nitrogens with zero attached hydrogens (tertiary/aromatic N) is 2. The molecule has 3 heterocycles. The molecule has 0 spiro atoms. The Kier molecular flexibility index (Phi) is 2.52. The molecule has 15 heavy (non-hydrogen) atoms. The van der Waals surface area contributed by atoms with E-state index in [1.54, 1.807) is 0 Å². The average molecular weight is 208 g/mol. The lowest BCUT2D eigenvalue weighted by Crippen LogP contribution is -2.50. The van der Waals surface area contributed by atoms with Crippen LogP contribution in [0.15, 0.2) is 4.99 Å². The predicted molar refractivity (Wildman–Crippen MR) is 61.0 cm³/mol. The van der Waals surface area contributed by atoms with Crippen LogP contribution >= 0.6 is 0 Å². The number of aliphatic imine (C=N–C) groups is 1. The van der Waals surface area contributed by atoms with Gasteiger partial charge in [-0.1, -0.05) is 0 Å². The van der Waals surface area contributed by atoms with Gasteiger partial charge in [-0.2, -0.15) is 0 Å². The molecule has 0 bridgehead atoms. The van der Waals surface area contributed by atoms with Gasteiger partial charge in [0.05, 0.1) is 0 Å². The minimum Gasteiger partial charge on any atom is -0.354 e. The van der Waals surface area contributed by atoms with Gasteiger partial charge < -0.3 is 15.5 Å². The van der Waals surface area contributed by atoms with Crippen LogP contribution in [0.1, 0.15) is 19.3 Å². The van der Waals surface area contributed by atoms with Gasteiger partial charge in [0.1, 0.15) is 0 Å². The molecule has 0 radical (unpaired) electrons. The summed E-state index contributed by atoms with van der Waals surface area (Å²) in [5, 5.41) is 6.91. The maximum atomic E-state index is 4.55. The molecular weight excluding hydrogens is 188 g/mol. The van der Waals surface area contributed by atoms with Crippen LogP contribution in [0.25, 0.3) is 0 Å². The highest BCUT2D eigenvalue weighted by molar-refractivity contribution is 5.82. The zero-order valence-electron chi connectivity index (χ0n) is 9.21. The zero-order chi connectivity index (χ0) is 10.1. The molecule has 0 aromatic rings. The first-order chi connectivity index (χ1) is 7.45. The maximum absolute atomic E-state index is 4.55. The second-order valence-corrected chi connectivity index (χ2v) is 4.79. The highest BCUT2D eigenvalue weighted by Gasteiger charge is 2.34. The van der Waals surface area contributed by atoms with Gasteiger partial charge in [-0.25, -0.2) is 0 Å². The van der Waals surface area contributed by atoms with Crippen molar-refractivity contribution in [3.8, 4) is 0 Å². The lowest BCUT2D eigenvalue weighted by molar-refractivity contribution is 0.188. The van der Waals surface area contributed by atoms with Gasteiger partial charge in [0, 0.05) is 25.7 Å². The molecule has 0 aromatic heterocycles. The van der Waals surface area contributed by atoms with Crippen LogP contribution in [0.5, 0.6) is 0 Å². The highest BCUT2D eigenvalue weighted by atomic mass is 15.4. The van der Waals surface area contributed by atoms with Crippen molar-refractivity contribution in [3.63, 3.8) is 0 Å². The van der Waals surface area contributed by atoms with Crippen LogP contribution in [-0.4, -0.2) is 49.6 Å². The van der Waals surface area contributed by atoms with E-state index in [2.05, 4.69) is 20.5 Å². The molecule has 3 aliphatic rings. The smallest absolute Gasteiger partial charge is 0.194 e. The lowest BCUT2D eigenvalue weighted by Gasteiger charge is -2.39. The number of rotatable bonds is 1. The van der Waals surface area contributed by atoms with Crippen molar-refractivity contribution < 1.29 is 0 Å². The van der Waals surface area contributed by atoms with Crippen molar-refractivity contribution in [1.29, 1.82) is 0 Å². The molecule has 0 amide bonds. The summed E-state index contributed by atoms with van der Waals surface area (Å²) >= 11 is 0. The third-order valence-electron chi connectivity index (χ3n) is 3.87. The third kappa shape index (κ3) is 1.71. The first-order valence-corrected chi connectivity index (χ1v) is 6.21. The van der Waals surface area contributed by atoms with Gasteiger partial charge in [-0.3, -0.25) is 4.99 Å². The van der Waals surface area contributed by atoms with E-state index in [1.165, 1.54) is 32.4 Å². The molecule has 4 heteroatoms. The number of nitrogens with one attached hydrogen (secondary N) is 2. The van der Waals surface area contributed by atoms with E-state index in [4.69, 9.17) is 0 Å². The van der Waals surface area contributed by atoms with Gasteiger partial charge in [0.25, 0.3) is 0 Å². The van der Waals surface area contributed by atoms with Crippen molar-refractivity contribution >= 4 is 5.96 Å². The molecule has 84 valence electrons. The summed E-state index contributed by atoms with van der Waals surface area (Å²) < 4.78 is 0. The number of hydrogen-bond acceptors (Lipinski definition) is 4. The predicted octanol–water partition coefficient (Wildman–Crippen LogP) is 0.0195. The van der Waals surface area contributed by atoms with Crippen LogP contribution in [0.4, 0.5) is 0 Å². The number of fused-ring (bicyclic) bond motifs is 1. The summed E-state index contributed by atoms with van der Waals surface area (Å²) in [5.74, 6) is 2.00. The maximum Gasteiger partial charge on any atom is 0.194 e. The molecule has 4 nitrogen and oxygen atoms in total. The molecule has 2 fully saturated rings. The Morgan fingerprint density at radius 3 is 3.13 bits per heavy atom. The van der Waals surface area contributed by atoms with Crippen LogP contribution in [-0.2, 0) is 0 Å². The summed E-state index contributed by atoms with van der Waals surface area (Å²) in [6.45, 7) is 5.66. The number of hydrogen-bond donors (Lipinski definition) is 2. The summed E-state index contributed by atoms with van der Waals surface area (Å²) in [6.07, 6.45) is 3.98. The molecule has 2 saturated heterocycles. The molecule has 0 aliphatic carbocycles. The highest BCUT2D eigenvalue weighted by Crippen LogP contribution is 2.25. The van der Waals surface area contributed by atoms with Gasteiger partial charge in [-0.15, -0.1) is 0 Å². The molecule has 0 saturated carbocycles. The van der Waals surface area contributed by atoms with E-state index in [-0.39, 0.29) is 0 Å². The standard InChI is InChI=1S/C11H20N4/c1-2-9(8-12-4-1)10-3-5-13-11-14-6-7-15(10)11/h9-10,12H,1-8H2,(H,13,14). The largest absolute Gasteiger partial charge is 0.354 e. The first-order valence-electron chi connectivity index (χ1n) is 6.21. The Labute approximate surface area is 91.1 Å². The molecule has 0 aromatic carbocycles. The van der Waals surface area contributed by atoms with Crippen molar-refractivity contribution in [3.05, 3.63) is 0 Å². The SMILES string of the molecule is C1CNCC(C2CCN=C3NCCN32)C1. The molecule has 3 aliphatic heterocycles. The van der Waals surface area contributed by atoms with Gasteiger partial charge in [-0.05, 0) is 38.3 Å². The topological polar surface area (TPSA) is 39.7 Å². The Morgan fingerprint density at radius 2 is 2.27 bits per heavy atom. The Hall–Kier alpha value is -0.770. The fourth-order valence-electron chi connectivity index (χ4n) is 3.12. The molecule has 2 atom stereocenters. The zero-order valence-corrected chi connectivity index (χ0v) is 9.21. The number of piperidine rings is 1. The second kappa shape index (κ2) is 4.00. The van der Waals surface area contributed by atoms with Gasteiger partial charge in [0.2, 0.25) is 0 Å². The van der Waals surface area contributed by atoms with E-state index in [0.29, 0.717) is 0 Å². The summed E-state index contributed by atoms with van der Waals surface area (Å²) in [7, 11) is 0. The quantitative estimate of drug-likeness (QED) is 0.638. The first kappa shape index (κ1) is 9.46. The van der Waals surface area contributed by atoms with Crippen LogP contribution in [0.3, 0.4) is 0 Å². The minimum atomic E-state index is 0.736. The lowest BCUT2D eigenvalue weighted by atomic mass is 9.88. The van der Waals surface area contributed by atoms with Gasteiger partial charge >= 0.3 is 0 Å². The van der Waals surface area contributed by atoms with E-state index in [9.17, 15) is 0 Å². The fourth-order valence-corrected chi connectivity index (χ4v) is 3.12. The van der Waals surface area contributed by atoms with E-state index < -0.39 is 0 Å². The number of guanidine groups is 1. The van der Waals surface area contributed by atoms with Crippen molar-refractivity contribution in [2.75, 3.05) is 32.7 Å². The monoisotopic (exact) mass is 208 g/mol. The molecule has 2 N–H and O–H groups in total. The fraction of sp³-hybridized carbons (Fsp3) is 0.909. The van der Waals surface area contributed by atoms with Crippen LogP contribution < -0.4 is 10.6 Å². The Bertz CT molecular complexity index is 257. The van der Waals surface area contributed by atoms with Crippen LogP contribution in [0.2, 0.25) is 0 Å². The van der Waals surface area contributed by atoms with Gasteiger partial charge in [0.15, 0.2) is 5.96 Å². The Balaban J connectivity index is 1.72. The molecular formula is C11H20N4. The van der Waals surface area contributed by atoms with E-state index >= 15 is 0 Å². The normalized spacial score (nSPS) is 35.7. The molecule has 3 rings (SSSR count). The van der Waals surface area contributed by atoms with Crippen LogP contribution in [0, 0.1) is 5.92 Å². The second-order valence-electron chi connectivity index (χ2n) is 4.79. The van der Waals surface area contributed by atoms with Crippen molar-refractivity contribution in [1.82, 2.24) is 15.5 Å². The van der Waals surface area contributed by atoms with Crippen molar-refractivity contribution in [2.24, 2.45) is 10.9 Å². The molecule has 2 unspecified atom stereocenters. The van der Waals surface area contributed by atoms with Crippen molar-refractivity contribution in [2.45, 2.75) is 25.3 Å². The minimum absolute atomic E-state index is 0.736. The summed E-state index contributed by atoms with van der Waals surface area (Å²) in [6, 6.07) is 0.736. The summed E-state index contributed by atoms with van der Waals surface area (Å²) in [4.78, 5) is 7.05. The third-order valence-corrected chi connectivity index (χ3v) is 3.87. The van der Waals surface area contributed by atoms with E-state index in [1.807, 2.05) is 0 Å². The average Bonchev–Trinajstić information content (AvgIpc) is 2.78. The van der Waals surface area contributed by atoms with E-state index in [0.717, 1.165) is 37.6 Å².